The van der Waals surface area contributed by atoms with Gasteiger partial charge in [-0.25, -0.2) is 0 Å². The SMILES string of the molecule is Cc1noc(CN2CCC3(CCNC3)C2)n1.Cl. The Morgan fingerprint density at radius 3 is 3.00 bits per heavy atom. The van der Waals surface area contributed by atoms with Gasteiger partial charge in [0.15, 0.2) is 5.82 Å². The maximum Gasteiger partial charge on any atom is 0.240 e. The maximum atomic E-state index is 5.16. The lowest BCUT2D eigenvalue weighted by molar-refractivity contribution is 0.235. The van der Waals surface area contributed by atoms with Gasteiger partial charge in [-0.05, 0) is 38.3 Å². The molecule has 1 spiro atoms. The van der Waals surface area contributed by atoms with Gasteiger partial charge >= 0.3 is 0 Å². The van der Waals surface area contributed by atoms with Crippen LogP contribution in [0.25, 0.3) is 0 Å². The second-order valence-corrected chi connectivity index (χ2v) is 5.12. The zero-order valence-electron chi connectivity index (χ0n) is 10.1. The molecule has 2 fully saturated rings. The molecule has 2 aliphatic heterocycles. The first-order valence-electron chi connectivity index (χ1n) is 5.98. The van der Waals surface area contributed by atoms with Crippen molar-refractivity contribution < 1.29 is 4.52 Å². The van der Waals surface area contributed by atoms with Crippen molar-refractivity contribution in [1.29, 1.82) is 0 Å². The minimum absolute atomic E-state index is 0. The molecule has 17 heavy (non-hydrogen) atoms. The van der Waals surface area contributed by atoms with Crippen molar-refractivity contribution in [2.24, 2.45) is 5.41 Å². The molecule has 0 aliphatic carbocycles. The van der Waals surface area contributed by atoms with E-state index in [1.807, 2.05) is 6.92 Å². The summed E-state index contributed by atoms with van der Waals surface area (Å²) in [6, 6.07) is 0. The quantitative estimate of drug-likeness (QED) is 0.857. The summed E-state index contributed by atoms with van der Waals surface area (Å²) in [5, 5.41) is 7.29. The van der Waals surface area contributed by atoms with Crippen LogP contribution >= 0.6 is 12.4 Å². The van der Waals surface area contributed by atoms with Crippen LogP contribution in [0.3, 0.4) is 0 Å². The summed E-state index contributed by atoms with van der Waals surface area (Å²) in [4.78, 5) is 6.68. The molecule has 5 nitrogen and oxygen atoms in total. The van der Waals surface area contributed by atoms with Gasteiger partial charge in [0.2, 0.25) is 5.89 Å². The van der Waals surface area contributed by atoms with E-state index in [1.54, 1.807) is 0 Å². The molecule has 6 heteroatoms. The fourth-order valence-electron chi connectivity index (χ4n) is 2.90. The molecule has 3 heterocycles. The van der Waals surface area contributed by atoms with Gasteiger partial charge in [0.05, 0.1) is 6.54 Å². The average Bonchev–Trinajstić information content (AvgIpc) is 2.94. The van der Waals surface area contributed by atoms with E-state index in [0.717, 1.165) is 24.8 Å². The van der Waals surface area contributed by atoms with Crippen LogP contribution in [0.4, 0.5) is 0 Å². The van der Waals surface area contributed by atoms with Gasteiger partial charge in [-0.2, -0.15) is 4.98 Å². The Morgan fingerprint density at radius 2 is 2.35 bits per heavy atom. The summed E-state index contributed by atoms with van der Waals surface area (Å²) in [5.74, 6) is 1.48. The Morgan fingerprint density at radius 1 is 1.47 bits per heavy atom. The molecule has 0 amide bonds. The number of hydrogen-bond acceptors (Lipinski definition) is 5. The van der Waals surface area contributed by atoms with Gasteiger partial charge in [-0.3, -0.25) is 4.90 Å². The van der Waals surface area contributed by atoms with Gasteiger partial charge in [0, 0.05) is 13.1 Å². The van der Waals surface area contributed by atoms with Crippen LogP contribution in [-0.4, -0.2) is 41.2 Å². The minimum Gasteiger partial charge on any atom is -0.338 e. The normalized spacial score (nSPS) is 28.8. The highest BCUT2D eigenvalue weighted by molar-refractivity contribution is 5.85. The molecule has 96 valence electrons. The number of aryl methyl sites for hydroxylation is 1. The van der Waals surface area contributed by atoms with E-state index in [0.29, 0.717) is 5.41 Å². The number of hydrogen-bond donors (Lipinski definition) is 1. The van der Waals surface area contributed by atoms with E-state index in [1.165, 1.54) is 32.5 Å². The van der Waals surface area contributed by atoms with Crippen molar-refractivity contribution in [2.45, 2.75) is 26.3 Å². The molecular formula is C11H19ClN4O. The monoisotopic (exact) mass is 258 g/mol. The third-order valence-electron chi connectivity index (χ3n) is 3.78. The minimum atomic E-state index is 0. The van der Waals surface area contributed by atoms with Gasteiger partial charge in [-0.1, -0.05) is 5.16 Å². The van der Waals surface area contributed by atoms with Crippen molar-refractivity contribution in [3.63, 3.8) is 0 Å². The lowest BCUT2D eigenvalue weighted by Gasteiger charge is -2.21. The van der Waals surface area contributed by atoms with Crippen molar-refractivity contribution in [3.05, 3.63) is 11.7 Å². The summed E-state index contributed by atoms with van der Waals surface area (Å²) < 4.78 is 5.16. The van der Waals surface area contributed by atoms with E-state index >= 15 is 0 Å². The molecule has 1 N–H and O–H groups in total. The van der Waals surface area contributed by atoms with Crippen LogP contribution in [0, 0.1) is 12.3 Å². The van der Waals surface area contributed by atoms with Gasteiger partial charge in [0.25, 0.3) is 0 Å². The number of aromatic nitrogens is 2. The van der Waals surface area contributed by atoms with Crippen LogP contribution in [0.2, 0.25) is 0 Å². The topological polar surface area (TPSA) is 54.2 Å². The summed E-state index contributed by atoms with van der Waals surface area (Å²) in [6.45, 7) is 7.34. The van der Waals surface area contributed by atoms with Gasteiger partial charge in [-0.15, -0.1) is 12.4 Å². The first kappa shape index (κ1) is 12.8. The average molecular weight is 259 g/mol. The van der Waals surface area contributed by atoms with Crippen LogP contribution in [0.15, 0.2) is 4.52 Å². The van der Waals surface area contributed by atoms with Crippen LogP contribution < -0.4 is 5.32 Å². The maximum absolute atomic E-state index is 5.16. The van der Waals surface area contributed by atoms with Gasteiger partial charge < -0.3 is 9.84 Å². The molecule has 0 bridgehead atoms. The number of likely N-dealkylation sites (tertiary alicyclic amines) is 1. The highest BCUT2D eigenvalue weighted by atomic mass is 35.5. The van der Waals surface area contributed by atoms with E-state index in [-0.39, 0.29) is 12.4 Å². The van der Waals surface area contributed by atoms with E-state index < -0.39 is 0 Å². The van der Waals surface area contributed by atoms with Crippen molar-refractivity contribution in [2.75, 3.05) is 26.2 Å². The predicted octanol–water partition coefficient (Wildman–Crippen LogP) is 0.985. The van der Waals surface area contributed by atoms with Crippen molar-refractivity contribution in [3.8, 4) is 0 Å². The number of rotatable bonds is 2. The molecule has 0 aromatic carbocycles. The third-order valence-corrected chi connectivity index (χ3v) is 3.78. The van der Waals surface area contributed by atoms with Crippen LogP contribution in [-0.2, 0) is 6.54 Å². The fourth-order valence-corrected chi connectivity index (χ4v) is 2.90. The van der Waals surface area contributed by atoms with Crippen LogP contribution in [0.5, 0.6) is 0 Å². The Hall–Kier alpha value is -0.650. The Balaban J connectivity index is 0.00000108. The standard InChI is InChI=1S/C11H18N4O.ClH/c1-9-13-10(16-14-9)6-15-5-3-11(8-15)2-4-12-7-11;/h12H,2-8H2,1H3;1H. The second-order valence-electron chi connectivity index (χ2n) is 5.12. The third kappa shape index (κ3) is 2.61. The van der Waals surface area contributed by atoms with Gasteiger partial charge in [0.1, 0.15) is 0 Å². The molecule has 2 saturated heterocycles. The summed E-state index contributed by atoms with van der Waals surface area (Å²) in [7, 11) is 0. The number of nitrogens with zero attached hydrogens (tertiary/aromatic N) is 3. The lowest BCUT2D eigenvalue weighted by Crippen LogP contribution is -2.29. The molecule has 1 atom stereocenters. The van der Waals surface area contributed by atoms with Crippen molar-refractivity contribution >= 4 is 12.4 Å². The molecule has 3 rings (SSSR count). The molecular weight excluding hydrogens is 240 g/mol. The number of halogens is 1. The Kier molecular flexibility index (Phi) is 3.70. The first-order valence-corrected chi connectivity index (χ1v) is 5.98. The highest BCUT2D eigenvalue weighted by Crippen LogP contribution is 2.36. The summed E-state index contributed by atoms with van der Waals surface area (Å²) in [6.07, 6.45) is 2.61. The van der Waals surface area contributed by atoms with E-state index in [2.05, 4.69) is 20.4 Å². The lowest BCUT2D eigenvalue weighted by atomic mass is 9.87. The highest BCUT2D eigenvalue weighted by Gasteiger charge is 2.40. The smallest absolute Gasteiger partial charge is 0.240 e. The molecule has 0 saturated carbocycles. The van der Waals surface area contributed by atoms with E-state index in [4.69, 9.17) is 4.52 Å². The summed E-state index contributed by atoms with van der Waals surface area (Å²) in [5.41, 5.74) is 0.523. The zero-order chi connectivity index (χ0) is 11.0. The second kappa shape index (κ2) is 4.92. The largest absolute Gasteiger partial charge is 0.338 e. The number of nitrogens with one attached hydrogen (secondary N) is 1. The molecule has 1 aromatic heterocycles. The van der Waals surface area contributed by atoms with E-state index in [9.17, 15) is 0 Å². The van der Waals surface area contributed by atoms with Crippen LogP contribution in [0.1, 0.15) is 24.6 Å². The molecule has 1 unspecified atom stereocenters. The predicted molar refractivity (Wildman–Crippen MR) is 66.1 cm³/mol. The molecule has 1 aromatic rings. The zero-order valence-corrected chi connectivity index (χ0v) is 10.9. The molecule has 0 radical (unpaired) electrons. The fraction of sp³-hybridized carbons (Fsp3) is 0.818. The first-order chi connectivity index (χ1) is 7.76. The Bertz CT molecular complexity index is 375. The molecule has 2 aliphatic rings. The summed E-state index contributed by atoms with van der Waals surface area (Å²) >= 11 is 0. The van der Waals surface area contributed by atoms with Crippen molar-refractivity contribution in [1.82, 2.24) is 20.4 Å². The Labute approximate surface area is 107 Å².